The van der Waals surface area contributed by atoms with E-state index in [0.29, 0.717) is 35.8 Å². The van der Waals surface area contributed by atoms with Gasteiger partial charge >= 0.3 is 5.97 Å². The molecule has 0 amide bonds. The standard InChI is InChI=1S/C32H33ClFNO3/c1-18-6-10-25(33)29(35-18)21-9-7-19(15-22(21)23-5-4-13-31(23,2)3)17-38-26-11-8-20-12-14-32(27(20)28(26)34)16-24(32)30(36)37/h6-11,15,23-24H,4-5,12-14,16-17H2,1-3H3,(H,36,37)/t23-,24+,32-/m0/s1. The number of carboxylic acid groups (broad SMARTS) is 1. The zero-order valence-corrected chi connectivity index (χ0v) is 22.9. The smallest absolute Gasteiger partial charge is 0.307 e. The van der Waals surface area contributed by atoms with Gasteiger partial charge in [-0.3, -0.25) is 9.78 Å². The number of aryl methyl sites for hydroxylation is 2. The fourth-order valence-corrected chi connectivity index (χ4v) is 7.33. The minimum atomic E-state index is -0.839. The van der Waals surface area contributed by atoms with E-state index in [1.165, 1.54) is 12.0 Å². The topological polar surface area (TPSA) is 59.4 Å². The Balaban J connectivity index is 1.32. The first-order valence-electron chi connectivity index (χ1n) is 13.5. The Morgan fingerprint density at radius 3 is 2.71 bits per heavy atom. The van der Waals surface area contributed by atoms with Gasteiger partial charge in [-0.05, 0) is 85.3 Å². The highest BCUT2D eigenvalue weighted by Crippen LogP contribution is 2.62. The summed E-state index contributed by atoms with van der Waals surface area (Å²) in [5, 5.41) is 10.2. The van der Waals surface area contributed by atoms with Crippen molar-refractivity contribution >= 4 is 17.6 Å². The number of rotatable bonds is 6. The summed E-state index contributed by atoms with van der Waals surface area (Å²) >= 11 is 6.62. The number of carbonyl (C=O) groups is 1. The molecule has 0 saturated heterocycles. The van der Waals surface area contributed by atoms with E-state index >= 15 is 4.39 Å². The number of hydrogen-bond donors (Lipinski definition) is 1. The van der Waals surface area contributed by atoms with Crippen LogP contribution in [0.4, 0.5) is 4.39 Å². The third-order valence-corrected chi connectivity index (χ3v) is 9.59. The van der Waals surface area contributed by atoms with Gasteiger partial charge < -0.3 is 9.84 Å². The quantitative estimate of drug-likeness (QED) is 0.348. The highest BCUT2D eigenvalue weighted by atomic mass is 35.5. The summed E-state index contributed by atoms with van der Waals surface area (Å²) in [6.45, 7) is 6.83. The van der Waals surface area contributed by atoms with Crippen LogP contribution in [0.2, 0.25) is 5.02 Å². The predicted molar refractivity (Wildman–Crippen MR) is 146 cm³/mol. The number of hydrogen-bond acceptors (Lipinski definition) is 3. The summed E-state index contributed by atoms with van der Waals surface area (Å²) in [6.07, 6.45) is 5.34. The minimum absolute atomic E-state index is 0.149. The van der Waals surface area contributed by atoms with Crippen LogP contribution in [0.15, 0.2) is 42.5 Å². The van der Waals surface area contributed by atoms with Gasteiger partial charge in [-0.2, -0.15) is 0 Å². The zero-order chi connectivity index (χ0) is 26.8. The SMILES string of the molecule is Cc1ccc(Cl)c(-c2ccc(COc3ccc4c(c3F)[C@@]3(CC4)C[C@@H]3C(=O)O)cc2[C@@H]2CCCC2(C)C)n1. The maximum atomic E-state index is 15.7. The van der Waals surface area contributed by atoms with Crippen molar-refractivity contribution in [2.75, 3.05) is 0 Å². The Bertz CT molecular complexity index is 1450. The Kier molecular flexibility index (Phi) is 6.06. The molecule has 2 saturated carbocycles. The van der Waals surface area contributed by atoms with Crippen molar-refractivity contribution < 1.29 is 19.0 Å². The summed E-state index contributed by atoms with van der Waals surface area (Å²) < 4.78 is 21.8. The lowest BCUT2D eigenvalue weighted by molar-refractivity contribution is -0.139. The van der Waals surface area contributed by atoms with Gasteiger partial charge in [-0.25, -0.2) is 4.39 Å². The van der Waals surface area contributed by atoms with Crippen LogP contribution >= 0.6 is 11.6 Å². The number of aliphatic carboxylic acids is 1. The molecule has 6 rings (SSSR count). The van der Waals surface area contributed by atoms with Gasteiger partial charge in [0.1, 0.15) is 6.61 Å². The molecule has 1 spiro atoms. The summed E-state index contributed by atoms with van der Waals surface area (Å²) in [5.74, 6) is -1.19. The van der Waals surface area contributed by atoms with Crippen LogP contribution in [-0.4, -0.2) is 16.1 Å². The average Bonchev–Trinajstić information content (AvgIpc) is 3.33. The number of pyridine rings is 1. The van der Waals surface area contributed by atoms with Crippen molar-refractivity contribution in [2.24, 2.45) is 11.3 Å². The lowest BCUT2D eigenvalue weighted by Gasteiger charge is -2.29. The van der Waals surface area contributed by atoms with Gasteiger partial charge in [0.25, 0.3) is 0 Å². The van der Waals surface area contributed by atoms with Crippen LogP contribution in [0.1, 0.15) is 79.8 Å². The Hall–Kier alpha value is -2.92. The van der Waals surface area contributed by atoms with Crippen LogP contribution in [0.25, 0.3) is 11.3 Å². The highest BCUT2D eigenvalue weighted by molar-refractivity contribution is 6.33. The van der Waals surface area contributed by atoms with Crippen molar-refractivity contribution in [2.45, 2.75) is 77.2 Å². The van der Waals surface area contributed by atoms with Crippen molar-refractivity contribution in [3.05, 3.63) is 81.3 Å². The number of ether oxygens (including phenoxy) is 1. The second kappa shape index (κ2) is 9.08. The summed E-state index contributed by atoms with van der Waals surface area (Å²) in [6, 6.07) is 13.7. The second-order valence-corrected chi connectivity index (χ2v) is 12.5. The van der Waals surface area contributed by atoms with Crippen LogP contribution in [0, 0.1) is 24.1 Å². The largest absolute Gasteiger partial charge is 0.486 e. The van der Waals surface area contributed by atoms with Gasteiger partial charge in [0.2, 0.25) is 0 Å². The van der Waals surface area contributed by atoms with E-state index in [4.69, 9.17) is 21.3 Å². The van der Waals surface area contributed by atoms with E-state index in [1.54, 1.807) is 6.07 Å². The maximum Gasteiger partial charge on any atom is 0.307 e. The summed E-state index contributed by atoms with van der Waals surface area (Å²) in [5.41, 5.74) is 5.99. The lowest BCUT2D eigenvalue weighted by Crippen LogP contribution is -2.17. The molecule has 3 aromatic rings. The van der Waals surface area contributed by atoms with E-state index in [2.05, 4.69) is 26.0 Å². The van der Waals surface area contributed by atoms with Crippen LogP contribution in [0.5, 0.6) is 5.75 Å². The van der Waals surface area contributed by atoms with Crippen molar-refractivity contribution in [3.63, 3.8) is 0 Å². The molecule has 1 heterocycles. The highest BCUT2D eigenvalue weighted by Gasteiger charge is 2.63. The van der Waals surface area contributed by atoms with E-state index < -0.39 is 23.1 Å². The van der Waals surface area contributed by atoms with Crippen molar-refractivity contribution in [1.29, 1.82) is 0 Å². The first kappa shape index (κ1) is 25.4. The van der Waals surface area contributed by atoms with E-state index in [9.17, 15) is 9.90 Å². The molecule has 6 heteroatoms. The number of benzene rings is 2. The molecule has 0 unspecified atom stereocenters. The molecular weight excluding hydrogens is 501 g/mol. The number of carboxylic acids is 1. The molecule has 1 aromatic heterocycles. The first-order chi connectivity index (χ1) is 18.1. The van der Waals surface area contributed by atoms with Crippen LogP contribution < -0.4 is 4.74 Å². The molecule has 198 valence electrons. The molecule has 4 nitrogen and oxygen atoms in total. The molecule has 2 aromatic carbocycles. The minimum Gasteiger partial charge on any atom is -0.486 e. The zero-order valence-electron chi connectivity index (χ0n) is 22.1. The molecule has 0 radical (unpaired) electrons. The van der Waals surface area contributed by atoms with Gasteiger partial charge in [0.05, 0.1) is 16.6 Å². The molecule has 0 bridgehead atoms. The van der Waals surface area contributed by atoms with Crippen molar-refractivity contribution in [3.8, 4) is 17.0 Å². The van der Waals surface area contributed by atoms with Crippen molar-refractivity contribution in [1.82, 2.24) is 4.98 Å². The number of fused-ring (bicyclic) bond motifs is 2. The first-order valence-corrected chi connectivity index (χ1v) is 13.9. The van der Waals surface area contributed by atoms with Crippen LogP contribution in [0.3, 0.4) is 0 Å². The van der Waals surface area contributed by atoms with Gasteiger partial charge in [0, 0.05) is 22.2 Å². The average molecular weight is 534 g/mol. The molecule has 2 fully saturated rings. The number of nitrogens with zero attached hydrogens (tertiary/aromatic N) is 1. The lowest BCUT2D eigenvalue weighted by atomic mass is 9.75. The molecular formula is C32H33ClFNO3. The Morgan fingerprint density at radius 2 is 2.00 bits per heavy atom. The molecule has 38 heavy (non-hydrogen) atoms. The van der Waals surface area contributed by atoms with E-state index in [0.717, 1.165) is 40.9 Å². The van der Waals surface area contributed by atoms with E-state index in [-0.39, 0.29) is 17.8 Å². The monoisotopic (exact) mass is 533 g/mol. The predicted octanol–water partition coefficient (Wildman–Crippen LogP) is 8.01. The fourth-order valence-electron chi connectivity index (χ4n) is 7.12. The summed E-state index contributed by atoms with van der Waals surface area (Å²) in [4.78, 5) is 16.4. The van der Waals surface area contributed by atoms with E-state index in [1.807, 2.05) is 31.2 Å². The third-order valence-electron chi connectivity index (χ3n) is 9.29. The Labute approximate surface area is 228 Å². The third kappa shape index (κ3) is 4.10. The molecule has 3 atom stereocenters. The number of halogens is 2. The second-order valence-electron chi connectivity index (χ2n) is 12.1. The van der Waals surface area contributed by atoms with Gasteiger partial charge in [0.15, 0.2) is 11.6 Å². The summed E-state index contributed by atoms with van der Waals surface area (Å²) in [7, 11) is 0. The molecule has 3 aliphatic rings. The molecule has 1 N–H and O–H groups in total. The maximum absolute atomic E-state index is 15.7. The fraction of sp³-hybridized carbons (Fsp3) is 0.438. The van der Waals surface area contributed by atoms with Gasteiger partial charge in [-0.1, -0.05) is 56.1 Å². The van der Waals surface area contributed by atoms with Crippen LogP contribution in [-0.2, 0) is 23.2 Å². The molecule has 0 aliphatic heterocycles. The molecule has 3 aliphatic carbocycles. The number of aromatic nitrogens is 1. The Morgan fingerprint density at radius 1 is 1.18 bits per heavy atom. The van der Waals surface area contributed by atoms with Gasteiger partial charge in [-0.15, -0.1) is 0 Å². The normalized spacial score (nSPS) is 25.0.